The molecule has 0 aliphatic rings. The van der Waals surface area contributed by atoms with Crippen LogP contribution in [0.4, 0.5) is 4.39 Å². The van der Waals surface area contributed by atoms with Gasteiger partial charge in [-0.15, -0.1) is 0 Å². The Morgan fingerprint density at radius 3 is 2.46 bits per heavy atom. The van der Waals surface area contributed by atoms with Gasteiger partial charge in [-0.2, -0.15) is 0 Å². The van der Waals surface area contributed by atoms with Crippen LogP contribution in [0.3, 0.4) is 0 Å². The molecule has 0 spiro atoms. The number of benzene rings is 2. The van der Waals surface area contributed by atoms with Crippen LogP contribution in [-0.4, -0.2) is 24.6 Å². The Balaban J connectivity index is 1.76. The maximum absolute atomic E-state index is 12.8. The van der Waals surface area contributed by atoms with Crippen molar-refractivity contribution in [2.24, 2.45) is 0 Å². The highest BCUT2D eigenvalue weighted by Gasteiger charge is 2.18. The standard InChI is InChI=1S/C20H22FNO4/c1-13-4-9-18(14(2)10-13)25-12-19(23)26-15(3)20(24)22-11-16-5-7-17(21)8-6-16/h4-10,15H,11-12H2,1-3H3,(H,22,24)/t15-/m1/s1. The SMILES string of the molecule is Cc1ccc(OCC(=O)O[C@H](C)C(=O)NCc2ccc(F)cc2)c(C)c1. The lowest BCUT2D eigenvalue weighted by atomic mass is 10.1. The van der Waals surface area contributed by atoms with Crippen LogP contribution in [0.25, 0.3) is 0 Å². The van der Waals surface area contributed by atoms with Gasteiger partial charge in [-0.1, -0.05) is 29.8 Å². The van der Waals surface area contributed by atoms with Gasteiger partial charge in [0.2, 0.25) is 0 Å². The first-order chi connectivity index (χ1) is 12.3. The number of carbonyl (C=O) groups is 2. The largest absolute Gasteiger partial charge is 0.482 e. The molecule has 1 amide bonds. The van der Waals surface area contributed by atoms with Gasteiger partial charge in [-0.3, -0.25) is 4.79 Å². The molecule has 0 saturated heterocycles. The third kappa shape index (κ3) is 5.88. The number of hydrogen-bond donors (Lipinski definition) is 1. The van der Waals surface area contributed by atoms with Crippen LogP contribution in [0.1, 0.15) is 23.6 Å². The Morgan fingerprint density at radius 2 is 1.81 bits per heavy atom. The maximum Gasteiger partial charge on any atom is 0.344 e. The van der Waals surface area contributed by atoms with E-state index in [1.807, 2.05) is 26.0 Å². The van der Waals surface area contributed by atoms with Gasteiger partial charge < -0.3 is 14.8 Å². The van der Waals surface area contributed by atoms with Crippen molar-refractivity contribution in [3.8, 4) is 5.75 Å². The number of esters is 1. The Bertz CT molecular complexity index is 774. The van der Waals surface area contributed by atoms with E-state index in [-0.39, 0.29) is 19.0 Å². The monoisotopic (exact) mass is 359 g/mol. The highest BCUT2D eigenvalue weighted by molar-refractivity contribution is 5.83. The average molecular weight is 359 g/mol. The van der Waals surface area contributed by atoms with E-state index >= 15 is 0 Å². The maximum atomic E-state index is 12.8. The summed E-state index contributed by atoms with van der Waals surface area (Å²) >= 11 is 0. The van der Waals surface area contributed by atoms with Crippen molar-refractivity contribution in [2.75, 3.05) is 6.61 Å². The van der Waals surface area contributed by atoms with Gasteiger partial charge in [0.25, 0.3) is 5.91 Å². The van der Waals surface area contributed by atoms with E-state index in [1.54, 1.807) is 18.2 Å². The van der Waals surface area contributed by atoms with Crippen molar-refractivity contribution in [3.63, 3.8) is 0 Å². The fourth-order valence-electron chi connectivity index (χ4n) is 2.32. The highest BCUT2D eigenvalue weighted by Crippen LogP contribution is 2.18. The number of halogens is 1. The molecule has 5 nitrogen and oxygen atoms in total. The third-order valence-corrected chi connectivity index (χ3v) is 3.73. The Kier molecular flexibility index (Phi) is 6.72. The van der Waals surface area contributed by atoms with E-state index in [0.29, 0.717) is 5.75 Å². The first kappa shape index (κ1) is 19.4. The van der Waals surface area contributed by atoms with Crippen molar-refractivity contribution in [3.05, 3.63) is 65.0 Å². The predicted molar refractivity (Wildman–Crippen MR) is 95.2 cm³/mol. The molecule has 0 saturated carbocycles. The Labute approximate surface area is 152 Å². The van der Waals surface area contributed by atoms with Crippen LogP contribution >= 0.6 is 0 Å². The van der Waals surface area contributed by atoms with Crippen LogP contribution in [0.15, 0.2) is 42.5 Å². The fourth-order valence-corrected chi connectivity index (χ4v) is 2.32. The second-order valence-corrected chi connectivity index (χ2v) is 6.03. The first-order valence-electron chi connectivity index (χ1n) is 8.27. The second-order valence-electron chi connectivity index (χ2n) is 6.03. The summed E-state index contributed by atoms with van der Waals surface area (Å²) in [5.74, 6) is -0.809. The Hall–Kier alpha value is -2.89. The van der Waals surface area contributed by atoms with E-state index in [9.17, 15) is 14.0 Å². The zero-order valence-electron chi connectivity index (χ0n) is 15.0. The van der Waals surface area contributed by atoms with Crippen LogP contribution in [-0.2, 0) is 20.9 Å². The van der Waals surface area contributed by atoms with E-state index in [4.69, 9.17) is 9.47 Å². The molecule has 2 aromatic rings. The molecule has 0 aromatic heterocycles. The summed E-state index contributed by atoms with van der Waals surface area (Å²) in [6.07, 6.45) is -0.953. The molecule has 26 heavy (non-hydrogen) atoms. The molecular formula is C20H22FNO4. The summed E-state index contributed by atoms with van der Waals surface area (Å²) in [5.41, 5.74) is 2.77. The van der Waals surface area contributed by atoms with Gasteiger partial charge in [0, 0.05) is 6.54 Å². The topological polar surface area (TPSA) is 64.6 Å². The number of amides is 1. The summed E-state index contributed by atoms with van der Waals surface area (Å²) in [6, 6.07) is 11.4. The summed E-state index contributed by atoms with van der Waals surface area (Å²) < 4.78 is 23.3. The molecule has 1 N–H and O–H groups in total. The van der Waals surface area contributed by atoms with Gasteiger partial charge in [-0.05, 0) is 50.1 Å². The molecule has 0 fully saturated rings. The molecule has 0 heterocycles. The first-order valence-corrected chi connectivity index (χ1v) is 8.27. The molecule has 0 radical (unpaired) electrons. The average Bonchev–Trinajstić information content (AvgIpc) is 2.60. The van der Waals surface area contributed by atoms with Gasteiger partial charge in [-0.25, -0.2) is 9.18 Å². The molecular weight excluding hydrogens is 337 g/mol. The van der Waals surface area contributed by atoms with Crippen molar-refractivity contribution in [2.45, 2.75) is 33.4 Å². The number of ether oxygens (including phenoxy) is 2. The zero-order valence-corrected chi connectivity index (χ0v) is 15.0. The van der Waals surface area contributed by atoms with Crippen molar-refractivity contribution in [1.82, 2.24) is 5.32 Å². The van der Waals surface area contributed by atoms with Gasteiger partial charge in [0.1, 0.15) is 11.6 Å². The number of hydrogen-bond acceptors (Lipinski definition) is 4. The number of rotatable bonds is 7. The normalized spacial score (nSPS) is 11.5. The molecule has 1 atom stereocenters. The van der Waals surface area contributed by atoms with E-state index < -0.39 is 18.0 Å². The Morgan fingerprint density at radius 1 is 1.12 bits per heavy atom. The van der Waals surface area contributed by atoms with Crippen molar-refractivity contribution < 1.29 is 23.5 Å². The van der Waals surface area contributed by atoms with Crippen LogP contribution in [0.5, 0.6) is 5.75 Å². The second kappa shape index (κ2) is 8.99. The minimum Gasteiger partial charge on any atom is -0.482 e. The van der Waals surface area contributed by atoms with E-state index in [2.05, 4.69) is 5.32 Å². The summed E-state index contributed by atoms with van der Waals surface area (Å²) in [7, 11) is 0. The number of aryl methyl sites for hydroxylation is 2. The van der Waals surface area contributed by atoms with Gasteiger partial charge >= 0.3 is 5.97 Å². The van der Waals surface area contributed by atoms with Gasteiger partial charge in [0.15, 0.2) is 12.7 Å². The van der Waals surface area contributed by atoms with Crippen LogP contribution < -0.4 is 10.1 Å². The number of carbonyl (C=O) groups excluding carboxylic acids is 2. The minimum atomic E-state index is -0.953. The van der Waals surface area contributed by atoms with Crippen molar-refractivity contribution >= 4 is 11.9 Å². The lowest BCUT2D eigenvalue weighted by molar-refractivity contribution is -0.156. The summed E-state index contributed by atoms with van der Waals surface area (Å²) in [6.45, 7) is 5.28. The lowest BCUT2D eigenvalue weighted by Gasteiger charge is -2.14. The highest BCUT2D eigenvalue weighted by atomic mass is 19.1. The molecule has 2 rings (SSSR count). The van der Waals surface area contributed by atoms with Crippen LogP contribution in [0.2, 0.25) is 0 Å². The molecule has 138 valence electrons. The fraction of sp³-hybridized carbons (Fsp3) is 0.300. The smallest absolute Gasteiger partial charge is 0.344 e. The van der Waals surface area contributed by atoms with Crippen LogP contribution in [0, 0.1) is 19.7 Å². The minimum absolute atomic E-state index is 0.222. The van der Waals surface area contributed by atoms with E-state index in [1.165, 1.54) is 19.1 Å². The summed E-state index contributed by atoms with van der Waals surface area (Å²) in [5, 5.41) is 2.63. The zero-order chi connectivity index (χ0) is 19.1. The molecule has 2 aromatic carbocycles. The summed E-state index contributed by atoms with van der Waals surface area (Å²) in [4.78, 5) is 23.8. The van der Waals surface area contributed by atoms with E-state index in [0.717, 1.165) is 16.7 Å². The number of nitrogens with one attached hydrogen (secondary N) is 1. The molecule has 0 bridgehead atoms. The van der Waals surface area contributed by atoms with Crippen molar-refractivity contribution in [1.29, 1.82) is 0 Å². The molecule has 0 aliphatic carbocycles. The molecule has 6 heteroatoms. The quantitative estimate of drug-likeness (QED) is 0.772. The third-order valence-electron chi connectivity index (χ3n) is 3.73. The molecule has 0 aliphatic heterocycles. The van der Waals surface area contributed by atoms with Gasteiger partial charge in [0.05, 0.1) is 0 Å². The predicted octanol–water partition coefficient (Wildman–Crippen LogP) is 3.07. The molecule has 0 unspecified atom stereocenters. The lowest BCUT2D eigenvalue weighted by Crippen LogP contribution is -2.36.